The standard InChI is InChI=1S/C36H47N5O8S/c1-24-21-41(25(2)23-42)36(45)29-20-26(38-34(43)12-6-5-7-13-35(44)39-31-11-9-8-10-30(31)37)14-19-32(29)49-33(24)22-40(3)50(46,47)28-17-15-27(48-4)16-18-28/h8-11,14-20,24-25,33,42H,5-7,12-13,21-23,37H2,1-4H3,(H,38,43)(H,39,44)/t24-,25+,33-/m1/s1. The smallest absolute Gasteiger partial charge is 0.258 e. The van der Waals surface area contributed by atoms with Crippen molar-refractivity contribution in [2.45, 2.75) is 63.0 Å². The van der Waals surface area contributed by atoms with Crippen molar-refractivity contribution in [3.05, 3.63) is 72.3 Å². The quantitative estimate of drug-likeness (QED) is 0.132. The fraction of sp³-hybridized carbons (Fsp3) is 0.417. The van der Waals surface area contributed by atoms with Crippen LogP contribution in [0.15, 0.2) is 71.6 Å². The van der Waals surface area contributed by atoms with Crippen molar-refractivity contribution in [1.29, 1.82) is 0 Å². The number of methoxy groups -OCH3 is 1. The van der Waals surface area contributed by atoms with E-state index in [-0.39, 0.29) is 66.0 Å². The molecule has 50 heavy (non-hydrogen) atoms. The molecule has 14 heteroatoms. The molecular weight excluding hydrogens is 662 g/mol. The molecule has 0 aromatic heterocycles. The summed E-state index contributed by atoms with van der Waals surface area (Å²) in [5.74, 6) is -0.305. The Hall–Kier alpha value is -4.66. The van der Waals surface area contributed by atoms with Gasteiger partial charge in [-0.3, -0.25) is 14.4 Å². The zero-order valence-electron chi connectivity index (χ0n) is 28.9. The van der Waals surface area contributed by atoms with E-state index in [1.54, 1.807) is 60.4 Å². The molecule has 0 bridgehead atoms. The molecule has 0 fully saturated rings. The van der Waals surface area contributed by atoms with Gasteiger partial charge in [-0.15, -0.1) is 0 Å². The van der Waals surface area contributed by atoms with Crippen LogP contribution in [0.1, 0.15) is 56.3 Å². The molecule has 0 spiro atoms. The average molecular weight is 710 g/mol. The molecule has 0 saturated heterocycles. The highest BCUT2D eigenvalue weighted by atomic mass is 32.2. The summed E-state index contributed by atoms with van der Waals surface area (Å²) in [6, 6.07) is 17.4. The topological polar surface area (TPSA) is 181 Å². The van der Waals surface area contributed by atoms with Crippen molar-refractivity contribution in [2.24, 2.45) is 5.92 Å². The molecular formula is C36H47N5O8S. The molecule has 0 radical (unpaired) electrons. The van der Waals surface area contributed by atoms with E-state index in [2.05, 4.69) is 10.6 Å². The van der Waals surface area contributed by atoms with Gasteiger partial charge >= 0.3 is 0 Å². The predicted octanol–water partition coefficient (Wildman–Crippen LogP) is 4.35. The number of rotatable bonds is 15. The molecule has 3 atom stereocenters. The maximum atomic E-state index is 13.8. The minimum absolute atomic E-state index is 0.00896. The van der Waals surface area contributed by atoms with Gasteiger partial charge in [0, 0.05) is 38.0 Å². The summed E-state index contributed by atoms with van der Waals surface area (Å²) >= 11 is 0. The number of carbonyl (C=O) groups is 3. The number of nitrogens with zero attached hydrogens (tertiary/aromatic N) is 2. The highest BCUT2D eigenvalue weighted by molar-refractivity contribution is 7.89. The minimum atomic E-state index is -3.88. The summed E-state index contributed by atoms with van der Waals surface area (Å²) in [5, 5.41) is 15.6. The van der Waals surface area contributed by atoms with Gasteiger partial charge in [0.15, 0.2) is 0 Å². The van der Waals surface area contributed by atoms with Crippen LogP contribution in [0.3, 0.4) is 0 Å². The number of fused-ring (bicyclic) bond motifs is 1. The fourth-order valence-corrected chi connectivity index (χ4v) is 6.78. The van der Waals surface area contributed by atoms with Crippen LogP contribution < -0.4 is 25.8 Å². The first-order valence-corrected chi connectivity index (χ1v) is 18.0. The molecule has 0 aliphatic carbocycles. The molecule has 0 unspecified atom stereocenters. The number of para-hydroxylation sites is 2. The highest BCUT2D eigenvalue weighted by Gasteiger charge is 2.35. The van der Waals surface area contributed by atoms with Crippen LogP contribution >= 0.6 is 0 Å². The zero-order valence-corrected chi connectivity index (χ0v) is 29.7. The van der Waals surface area contributed by atoms with Crippen LogP contribution in [0.4, 0.5) is 17.1 Å². The second kappa shape index (κ2) is 17.3. The number of nitrogens with one attached hydrogen (secondary N) is 2. The normalized spacial score (nSPS) is 16.8. The largest absolute Gasteiger partial charge is 0.497 e. The Kier molecular flexibility index (Phi) is 13.2. The van der Waals surface area contributed by atoms with Crippen molar-refractivity contribution in [1.82, 2.24) is 9.21 Å². The van der Waals surface area contributed by atoms with Crippen molar-refractivity contribution >= 4 is 44.8 Å². The molecule has 4 rings (SSSR count). The third-order valence-corrected chi connectivity index (χ3v) is 10.5. The van der Waals surface area contributed by atoms with E-state index < -0.39 is 22.2 Å². The number of sulfonamides is 1. The Morgan fingerprint density at radius 3 is 2.34 bits per heavy atom. The second-order valence-corrected chi connectivity index (χ2v) is 14.6. The van der Waals surface area contributed by atoms with Gasteiger partial charge in [0.1, 0.15) is 17.6 Å². The number of likely N-dealkylation sites (N-methyl/N-ethyl adjacent to an activating group) is 1. The Labute approximate surface area is 293 Å². The summed E-state index contributed by atoms with van der Waals surface area (Å²) < 4.78 is 39.6. The van der Waals surface area contributed by atoms with E-state index in [0.29, 0.717) is 48.5 Å². The summed E-state index contributed by atoms with van der Waals surface area (Å²) in [6.45, 7) is 3.52. The second-order valence-electron chi connectivity index (χ2n) is 12.5. The van der Waals surface area contributed by atoms with Crippen molar-refractivity contribution in [3.8, 4) is 11.5 Å². The molecule has 1 aliphatic rings. The molecule has 1 aliphatic heterocycles. The number of hydrogen-bond donors (Lipinski definition) is 4. The summed E-state index contributed by atoms with van der Waals surface area (Å²) in [4.78, 5) is 40.5. The lowest BCUT2D eigenvalue weighted by atomic mass is 9.99. The zero-order chi connectivity index (χ0) is 36.4. The van der Waals surface area contributed by atoms with Gasteiger partial charge in [-0.05, 0) is 74.4 Å². The van der Waals surface area contributed by atoms with Crippen molar-refractivity contribution in [2.75, 3.05) is 50.2 Å². The first-order valence-electron chi connectivity index (χ1n) is 16.6. The minimum Gasteiger partial charge on any atom is -0.497 e. The number of ether oxygens (including phenoxy) is 2. The van der Waals surface area contributed by atoms with Crippen LogP contribution in [-0.2, 0) is 19.6 Å². The van der Waals surface area contributed by atoms with Crippen LogP contribution in [0.5, 0.6) is 11.5 Å². The third-order valence-electron chi connectivity index (χ3n) is 8.70. The molecule has 5 N–H and O–H groups in total. The van der Waals surface area contributed by atoms with Gasteiger partial charge in [-0.2, -0.15) is 4.31 Å². The summed E-state index contributed by atoms with van der Waals surface area (Å²) in [5.41, 5.74) is 7.52. The van der Waals surface area contributed by atoms with Gasteiger partial charge in [0.05, 0.1) is 48.1 Å². The lowest BCUT2D eigenvalue weighted by molar-refractivity contribution is -0.116. The van der Waals surface area contributed by atoms with Crippen LogP contribution in [-0.4, -0.2) is 86.5 Å². The van der Waals surface area contributed by atoms with Gasteiger partial charge < -0.3 is 35.8 Å². The van der Waals surface area contributed by atoms with E-state index in [4.69, 9.17) is 15.2 Å². The average Bonchev–Trinajstić information content (AvgIpc) is 3.10. The predicted molar refractivity (Wildman–Crippen MR) is 192 cm³/mol. The number of hydrogen-bond acceptors (Lipinski definition) is 9. The number of aliphatic hydroxyl groups excluding tert-OH is 1. The molecule has 0 saturated carbocycles. The molecule has 3 amide bonds. The van der Waals surface area contributed by atoms with Gasteiger partial charge in [-0.25, -0.2) is 8.42 Å². The number of unbranched alkanes of at least 4 members (excludes halogenated alkanes) is 2. The number of nitrogens with two attached hydrogens (primary N) is 1. The maximum Gasteiger partial charge on any atom is 0.258 e. The SMILES string of the molecule is COc1ccc(S(=O)(=O)N(C)C[C@H]2Oc3ccc(NC(=O)CCCCCC(=O)Nc4ccccc4N)cc3C(=O)N([C@@H](C)CO)C[C@H]2C)cc1. The molecule has 3 aromatic rings. The van der Waals surface area contributed by atoms with Gasteiger partial charge in [0.2, 0.25) is 21.8 Å². The number of anilines is 3. The number of nitrogen functional groups attached to an aromatic ring is 1. The Morgan fingerprint density at radius 1 is 1.04 bits per heavy atom. The van der Waals surface area contributed by atoms with Crippen LogP contribution in [0.2, 0.25) is 0 Å². The highest BCUT2D eigenvalue weighted by Crippen LogP contribution is 2.31. The first kappa shape index (κ1) is 38.1. The summed E-state index contributed by atoms with van der Waals surface area (Å²) in [7, 11) is -0.899. The fourth-order valence-electron chi connectivity index (χ4n) is 5.59. The Bertz CT molecular complexity index is 1750. The van der Waals surface area contributed by atoms with Crippen molar-refractivity contribution in [3.63, 3.8) is 0 Å². The first-order chi connectivity index (χ1) is 23.8. The van der Waals surface area contributed by atoms with E-state index in [1.165, 1.54) is 36.7 Å². The van der Waals surface area contributed by atoms with Crippen LogP contribution in [0.25, 0.3) is 0 Å². The monoisotopic (exact) mass is 709 g/mol. The van der Waals surface area contributed by atoms with E-state index in [1.807, 2.05) is 6.92 Å². The molecule has 13 nitrogen and oxygen atoms in total. The van der Waals surface area contributed by atoms with Gasteiger partial charge in [-0.1, -0.05) is 25.5 Å². The lowest BCUT2D eigenvalue weighted by Gasteiger charge is -2.38. The Morgan fingerprint density at radius 2 is 1.70 bits per heavy atom. The van der Waals surface area contributed by atoms with Crippen molar-refractivity contribution < 1.29 is 37.4 Å². The van der Waals surface area contributed by atoms with E-state index in [0.717, 1.165) is 0 Å². The van der Waals surface area contributed by atoms with E-state index >= 15 is 0 Å². The Balaban J connectivity index is 1.41. The molecule has 3 aromatic carbocycles. The van der Waals surface area contributed by atoms with Crippen LogP contribution in [0, 0.1) is 5.92 Å². The third kappa shape index (κ3) is 9.73. The number of aliphatic hydroxyl groups is 1. The number of amides is 3. The number of benzene rings is 3. The maximum absolute atomic E-state index is 13.8. The van der Waals surface area contributed by atoms with E-state index in [9.17, 15) is 27.9 Å². The molecule has 270 valence electrons. The molecule has 1 heterocycles. The van der Waals surface area contributed by atoms with Gasteiger partial charge in [0.25, 0.3) is 5.91 Å². The number of carbonyl (C=O) groups excluding carboxylic acids is 3. The summed E-state index contributed by atoms with van der Waals surface area (Å²) in [6.07, 6.45) is 1.70. The lowest BCUT2D eigenvalue weighted by Crippen LogP contribution is -2.50.